The number of esters is 4. The molecule has 0 aliphatic heterocycles. The van der Waals surface area contributed by atoms with Gasteiger partial charge in [0.1, 0.15) is 12.2 Å². The Labute approximate surface area is 270 Å². The Hall–Kier alpha value is -5.24. The highest BCUT2D eigenvalue weighted by Crippen LogP contribution is 2.25. The molecule has 4 unspecified atom stereocenters. The predicted molar refractivity (Wildman–Crippen MR) is 174 cm³/mol. The molecule has 4 atom stereocenters. The minimum Gasteiger partial charge on any atom is -0.469 e. The van der Waals surface area contributed by atoms with Crippen molar-refractivity contribution in [1.82, 2.24) is 0 Å². The van der Waals surface area contributed by atoms with Crippen LogP contribution in [0.25, 0.3) is 0 Å². The van der Waals surface area contributed by atoms with E-state index in [0.29, 0.717) is 24.0 Å². The molecule has 0 amide bonds. The van der Waals surface area contributed by atoms with E-state index in [1.54, 1.807) is 62.4 Å². The summed E-state index contributed by atoms with van der Waals surface area (Å²) >= 11 is 0. The standard InChI is InChI=1S/2C19H20O4/c2*1-14(23-18(20)16-11-7-4-8-12-16)13-17(19(21)22-2)15-9-5-3-6-10-15/h2*3-12,14,17H,13H2,1-2H3. The summed E-state index contributed by atoms with van der Waals surface area (Å²) in [5.41, 5.74) is 2.69. The maximum absolute atomic E-state index is 12.1. The molecule has 0 aliphatic rings. The number of rotatable bonds is 12. The molecule has 240 valence electrons. The van der Waals surface area contributed by atoms with Crippen molar-refractivity contribution in [3.05, 3.63) is 144 Å². The number of ether oxygens (including phenoxy) is 4. The van der Waals surface area contributed by atoms with Crippen LogP contribution in [-0.2, 0) is 28.5 Å². The van der Waals surface area contributed by atoms with Gasteiger partial charge >= 0.3 is 23.9 Å². The fourth-order valence-corrected chi connectivity index (χ4v) is 4.80. The van der Waals surface area contributed by atoms with Crippen molar-refractivity contribution >= 4 is 23.9 Å². The zero-order valence-electron chi connectivity index (χ0n) is 26.5. The van der Waals surface area contributed by atoms with E-state index in [4.69, 9.17) is 18.9 Å². The van der Waals surface area contributed by atoms with Gasteiger partial charge in [-0.2, -0.15) is 0 Å². The normalized spacial score (nSPS) is 13.0. The quantitative estimate of drug-likeness (QED) is 0.121. The summed E-state index contributed by atoms with van der Waals surface area (Å²) in [6.45, 7) is 3.56. The van der Waals surface area contributed by atoms with Crippen LogP contribution in [0.5, 0.6) is 0 Å². The van der Waals surface area contributed by atoms with Crippen molar-refractivity contribution in [3.63, 3.8) is 0 Å². The Kier molecular flexibility index (Phi) is 14.2. The molecule has 0 heterocycles. The average molecular weight is 625 g/mol. The van der Waals surface area contributed by atoms with Gasteiger partial charge in [-0.1, -0.05) is 97.1 Å². The summed E-state index contributed by atoms with van der Waals surface area (Å²) in [7, 11) is 2.72. The molecule has 0 aromatic heterocycles. The maximum atomic E-state index is 12.1. The van der Waals surface area contributed by atoms with Gasteiger partial charge in [0.2, 0.25) is 0 Å². The number of carbonyl (C=O) groups is 4. The van der Waals surface area contributed by atoms with Gasteiger partial charge in [0.15, 0.2) is 0 Å². The molecule has 46 heavy (non-hydrogen) atoms. The topological polar surface area (TPSA) is 105 Å². The number of carbonyl (C=O) groups excluding carboxylic acids is 4. The Morgan fingerprint density at radius 3 is 1.04 bits per heavy atom. The first-order valence-corrected chi connectivity index (χ1v) is 15.0. The SMILES string of the molecule is COC(=O)C(CC(C)OC(=O)c1ccccc1)c1ccccc1.COC(=O)C(CC(C)OC(=O)c1ccccc1)c1ccccc1. The minimum atomic E-state index is -0.459. The first kappa shape index (κ1) is 35.2. The molecule has 0 fully saturated rings. The van der Waals surface area contributed by atoms with Crippen molar-refractivity contribution in [1.29, 1.82) is 0 Å². The van der Waals surface area contributed by atoms with Crippen LogP contribution in [0.3, 0.4) is 0 Å². The van der Waals surface area contributed by atoms with Gasteiger partial charge in [-0.3, -0.25) is 9.59 Å². The van der Waals surface area contributed by atoms with Gasteiger partial charge in [0.05, 0.1) is 37.2 Å². The molecule has 4 rings (SSSR count). The first-order valence-electron chi connectivity index (χ1n) is 15.0. The summed E-state index contributed by atoms with van der Waals surface area (Å²) < 4.78 is 20.6. The van der Waals surface area contributed by atoms with Crippen LogP contribution in [0.1, 0.15) is 70.4 Å². The smallest absolute Gasteiger partial charge is 0.338 e. The van der Waals surface area contributed by atoms with Crippen LogP contribution in [-0.4, -0.2) is 50.3 Å². The number of hydrogen-bond donors (Lipinski definition) is 0. The van der Waals surface area contributed by atoms with Crippen molar-refractivity contribution in [2.24, 2.45) is 0 Å². The van der Waals surface area contributed by atoms with Crippen molar-refractivity contribution in [2.45, 2.75) is 50.7 Å². The van der Waals surface area contributed by atoms with E-state index in [0.717, 1.165) is 11.1 Å². The second-order valence-corrected chi connectivity index (χ2v) is 10.6. The Balaban J connectivity index is 0.000000250. The predicted octanol–water partition coefficient (Wildman–Crippen LogP) is 7.16. The van der Waals surface area contributed by atoms with E-state index < -0.39 is 36.0 Å². The third-order valence-corrected chi connectivity index (χ3v) is 7.15. The van der Waals surface area contributed by atoms with E-state index >= 15 is 0 Å². The Morgan fingerprint density at radius 2 is 0.761 bits per heavy atom. The van der Waals surface area contributed by atoms with E-state index in [-0.39, 0.29) is 11.9 Å². The highest BCUT2D eigenvalue weighted by atomic mass is 16.6. The van der Waals surface area contributed by atoms with Crippen molar-refractivity contribution in [2.75, 3.05) is 14.2 Å². The summed E-state index contributed by atoms with van der Waals surface area (Å²) in [4.78, 5) is 48.2. The van der Waals surface area contributed by atoms with E-state index in [9.17, 15) is 19.2 Å². The summed E-state index contributed by atoms with van der Waals surface area (Å²) in [6.07, 6.45) is -0.0798. The van der Waals surface area contributed by atoms with Gasteiger partial charge in [0, 0.05) is 12.8 Å². The lowest BCUT2D eigenvalue weighted by Gasteiger charge is -2.20. The van der Waals surface area contributed by atoms with Crippen molar-refractivity contribution < 1.29 is 38.1 Å². The van der Waals surface area contributed by atoms with E-state index in [2.05, 4.69) is 0 Å². The van der Waals surface area contributed by atoms with Crippen LogP contribution in [0, 0.1) is 0 Å². The molecule has 0 N–H and O–H groups in total. The average Bonchev–Trinajstić information content (AvgIpc) is 3.10. The van der Waals surface area contributed by atoms with E-state index in [1.807, 2.05) is 72.8 Å². The van der Waals surface area contributed by atoms with Gasteiger partial charge in [-0.15, -0.1) is 0 Å². The van der Waals surface area contributed by atoms with E-state index in [1.165, 1.54) is 14.2 Å². The number of benzene rings is 4. The summed E-state index contributed by atoms with van der Waals surface area (Å²) in [5.74, 6) is -2.37. The van der Waals surface area contributed by atoms with Crippen LogP contribution >= 0.6 is 0 Å². The molecule has 0 saturated heterocycles. The summed E-state index contributed by atoms with van der Waals surface area (Å²) in [5, 5.41) is 0. The first-order chi connectivity index (χ1) is 22.2. The second kappa shape index (κ2) is 18.5. The molecule has 0 spiro atoms. The van der Waals surface area contributed by atoms with Crippen molar-refractivity contribution in [3.8, 4) is 0 Å². The molecule has 8 nitrogen and oxygen atoms in total. The lowest BCUT2D eigenvalue weighted by Crippen LogP contribution is -2.23. The van der Waals surface area contributed by atoms with Gasteiger partial charge < -0.3 is 18.9 Å². The number of methoxy groups -OCH3 is 2. The van der Waals surface area contributed by atoms with Crippen LogP contribution in [0.2, 0.25) is 0 Å². The van der Waals surface area contributed by atoms with Gasteiger partial charge in [0.25, 0.3) is 0 Å². The Bertz CT molecular complexity index is 1390. The lowest BCUT2D eigenvalue weighted by atomic mass is 9.93. The van der Waals surface area contributed by atoms with Crippen LogP contribution < -0.4 is 0 Å². The zero-order valence-corrected chi connectivity index (χ0v) is 26.5. The largest absolute Gasteiger partial charge is 0.469 e. The monoisotopic (exact) mass is 624 g/mol. The zero-order chi connectivity index (χ0) is 33.3. The summed E-state index contributed by atoms with van der Waals surface area (Å²) in [6, 6.07) is 36.3. The van der Waals surface area contributed by atoms with Crippen LogP contribution in [0.4, 0.5) is 0 Å². The maximum Gasteiger partial charge on any atom is 0.338 e. The molecule has 0 bridgehead atoms. The molecule has 0 saturated carbocycles. The molecule has 0 aliphatic carbocycles. The number of hydrogen-bond acceptors (Lipinski definition) is 8. The third kappa shape index (κ3) is 11.0. The second-order valence-electron chi connectivity index (χ2n) is 10.6. The molecular weight excluding hydrogens is 584 g/mol. The molecule has 8 heteroatoms. The fraction of sp³-hybridized carbons (Fsp3) is 0.263. The van der Waals surface area contributed by atoms with Crippen LogP contribution in [0.15, 0.2) is 121 Å². The minimum absolute atomic E-state index is 0.334. The van der Waals surface area contributed by atoms with Gasteiger partial charge in [-0.05, 0) is 49.2 Å². The molecule has 4 aromatic rings. The van der Waals surface area contributed by atoms with Gasteiger partial charge in [-0.25, -0.2) is 9.59 Å². The Morgan fingerprint density at radius 1 is 0.478 bits per heavy atom. The third-order valence-electron chi connectivity index (χ3n) is 7.15. The molecule has 0 radical (unpaired) electrons. The lowest BCUT2D eigenvalue weighted by molar-refractivity contribution is -0.144. The molecular formula is C38H40O8. The highest BCUT2D eigenvalue weighted by molar-refractivity contribution is 5.90. The molecule has 4 aromatic carbocycles. The fourth-order valence-electron chi connectivity index (χ4n) is 4.80. The highest BCUT2D eigenvalue weighted by Gasteiger charge is 2.27.